The molecule has 0 saturated heterocycles. The summed E-state index contributed by atoms with van der Waals surface area (Å²) in [6.07, 6.45) is 0.244. The van der Waals surface area contributed by atoms with Gasteiger partial charge in [-0.1, -0.05) is 173 Å². The Bertz CT molecular complexity index is 3040. The van der Waals surface area contributed by atoms with Gasteiger partial charge in [0, 0.05) is 31.3 Å². The van der Waals surface area contributed by atoms with Crippen LogP contribution in [0.15, 0.2) is 138 Å². The number of hydrogen-bond acceptors (Lipinski definition) is 3. The molecule has 8 aromatic rings. The van der Waals surface area contributed by atoms with Crippen LogP contribution >= 0.6 is 0 Å². The van der Waals surface area contributed by atoms with Gasteiger partial charge in [0.1, 0.15) is 5.58 Å². The molecular formula is C60H66IrN3OSi. The summed E-state index contributed by atoms with van der Waals surface area (Å²) in [6.45, 7) is 28.4. The van der Waals surface area contributed by atoms with Crippen molar-refractivity contribution in [3.05, 3.63) is 179 Å². The molecule has 0 aliphatic carbocycles. The first-order valence-electron chi connectivity index (χ1n) is 24.2. The van der Waals surface area contributed by atoms with Gasteiger partial charge in [-0.2, -0.15) is 17.7 Å². The number of hydrogen-bond donors (Lipinski definition) is 0. The van der Waals surface area contributed by atoms with Crippen LogP contribution in [0.4, 0.5) is 17.1 Å². The fourth-order valence-electron chi connectivity index (χ4n) is 8.81. The third-order valence-corrected chi connectivity index (χ3v) is 14.2. The number of furan rings is 1. The van der Waals surface area contributed by atoms with Crippen molar-refractivity contribution in [3.63, 3.8) is 0 Å². The molecule has 4 nitrogen and oxygen atoms in total. The van der Waals surface area contributed by atoms with Gasteiger partial charge in [-0.3, -0.25) is 0 Å². The normalized spacial score (nSPS) is 14.7. The van der Waals surface area contributed by atoms with Crippen LogP contribution in [0.1, 0.15) is 118 Å². The van der Waals surface area contributed by atoms with Crippen molar-refractivity contribution in [2.45, 2.75) is 119 Å². The van der Waals surface area contributed by atoms with Gasteiger partial charge >= 0.3 is 20.1 Å². The number of anilines is 2. The second-order valence-electron chi connectivity index (χ2n) is 21.3. The van der Waals surface area contributed by atoms with Gasteiger partial charge in [-0.25, -0.2) is 0 Å². The molecular weight excluding hydrogens is 999 g/mol. The summed E-state index contributed by atoms with van der Waals surface area (Å²) in [5, 5.41) is 8.61. The fourth-order valence-corrected chi connectivity index (χ4v) is 10.2. The van der Waals surface area contributed by atoms with E-state index in [0.717, 1.165) is 60.9 Å². The van der Waals surface area contributed by atoms with Gasteiger partial charge in [0.25, 0.3) is 0 Å². The zero-order valence-electron chi connectivity index (χ0n) is 43.0. The smallest absolute Gasteiger partial charge is 0.661 e. The van der Waals surface area contributed by atoms with Gasteiger partial charge < -0.3 is 19.6 Å². The SMILES string of the molecule is CC(C)c1cc(-c2ccccc2)cc(C(C)C)c1N1c2ccccc2[N-]C1c1[c-]cc2oc3ccccc3c2c1.[2H]C([2H])(c1cc(-c2[c-]ccc(C(C)(C)C)c2)ncc1[Si](C)(C)C)C(C)(C)C.[Ir+3]. The molecule has 3 heterocycles. The maximum absolute atomic E-state index is 8.89. The molecule has 1 unspecified atom stereocenters. The minimum Gasteiger partial charge on any atom is -0.661 e. The van der Waals surface area contributed by atoms with Crippen molar-refractivity contribution >= 4 is 52.3 Å². The Morgan fingerprint density at radius 2 is 1.39 bits per heavy atom. The summed E-state index contributed by atoms with van der Waals surface area (Å²) in [5.41, 5.74) is 14.6. The van der Waals surface area contributed by atoms with E-state index < -0.39 is 19.9 Å². The molecule has 0 amide bonds. The molecule has 0 N–H and O–H groups in total. The molecule has 340 valence electrons. The van der Waals surface area contributed by atoms with Crippen LogP contribution in [0.2, 0.25) is 19.6 Å². The molecule has 1 atom stereocenters. The molecule has 0 radical (unpaired) electrons. The maximum atomic E-state index is 8.89. The standard InChI is InChI=1S/C37H32N2O.C23H34NSi.Ir/c1-23(2)29-21-27(25-12-6-5-7-13-25)22-30(24(3)4)36(29)39-33-16-10-9-15-32(33)38-37(39)26-18-19-35-31(20-26)28-14-8-11-17-34(28)40-35;1-22(2,3)15-18-14-20(24-16-21(18)25(7,8)9)17-11-10-12-19(13-17)23(4,5)6;/h5-17,19-24,37H,1-4H3;10,12-14,16H,15H2,1-9H3;/q-2;-1;+3/i;15D2;. The minimum atomic E-state index is -1.74. The summed E-state index contributed by atoms with van der Waals surface area (Å²) in [4.78, 5) is 7.18. The number of aromatic nitrogens is 1. The maximum Gasteiger partial charge on any atom is 3.00 e. The molecule has 0 fully saturated rings. The zero-order chi connectivity index (χ0) is 48.2. The van der Waals surface area contributed by atoms with E-state index in [0.29, 0.717) is 11.8 Å². The molecule has 9 rings (SSSR count). The molecule has 2 aromatic heterocycles. The summed E-state index contributed by atoms with van der Waals surface area (Å²) in [7, 11) is -1.74. The quantitative estimate of drug-likeness (QED) is 0.112. The molecule has 0 saturated carbocycles. The predicted octanol–water partition coefficient (Wildman–Crippen LogP) is 17.1. The monoisotopic (exact) mass is 1070 g/mol. The van der Waals surface area contributed by atoms with Crippen LogP contribution in [0.25, 0.3) is 49.6 Å². The van der Waals surface area contributed by atoms with E-state index in [4.69, 9.17) is 17.5 Å². The third-order valence-electron chi connectivity index (χ3n) is 12.2. The van der Waals surface area contributed by atoms with Crippen molar-refractivity contribution in [3.8, 4) is 22.4 Å². The summed E-state index contributed by atoms with van der Waals surface area (Å²) in [5.74, 6) is 0.655. The molecule has 1 aliphatic heterocycles. The number of benzene rings is 6. The Morgan fingerprint density at radius 3 is 2.05 bits per heavy atom. The third kappa shape index (κ3) is 10.3. The first-order valence-corrected chi connectivity index (χ1v) is 26.7. The average molecular weight is 1070 g/mol. The van der Waals surface area contributed by atoms with Crippen LogP contribution in [-0.4, -0.2) is 13.1 Å². The van der Waals surface area contributed by atoms with Crippen LogP contribution in [-0.2, 0) is 31.9 Å². The molecule has 66 heavy (non-hydrogen) atoms. The molecule has 6 aromatic carbocycles. The number of nitrogens with zero attached hydrogens (tertiary/aromatic N) is 3. The number of rotatable bonds is 8. The fraction of sp³-hybridized carbons (Fsp3) is 0.317. The predicted molar refractivity (Wildman–Crippen MR) is 280 cm³/mol. The number of para-hydroxylation sites is 3. The number of pyridine rings is 1. The Hall–Kier alpha value is -5.26. The largest absolute Gasteiger partial charge is 3.00 e. The summed E-state index contributed by atoms with van der Waals surface area (Å²) in [6, 6.07) is 51.4. The van der Waals surface area contributed by atoms with Crippen LogP contribution < -0.4 is 10.1 Å². The Morgan fingerprint density at radius 1 is 0.742 bits per heavy atom. The Kier molecular flexibility index (Phi) is 13.3. The van der Waals surface area contributed by atoms with Gasteiger partial charge in [0.2, 0.25) is 0 Å². The van der Waals surface area contributed by atoms with E-state index in [1.165, 1.54) is 33.5 Å². The second kappa shape index (κ2) is 19.2. The molecule has 6 heteroatoms. The van der Waals surface area contributed by atoms with Gasteiger partial charge in [-0.15, -0.1) is 47.1 Å². The minimum absolute atomic E-state index is 0. The van der Waals surface area contributed by atoms with E-state index >= 15 is 0 Å². The summed E-state index contributed by atoms with van der Waals surface area (Å²) >= 11 is 0. The van der Waals surface area contributed by atoms with Crippen LogP contribution in [0.5, 0.6) is 0 Å². The van der Waals surface area contributed by atoms with E-state index in [-0.39, 0.29) is 31.7 Å². The van der Waals surface area contributed by atoms with Crippen molar-refractivity contribution in [1.82, 2.24) is 4.98 Å². The number of fused-ring (bicyclic) bond motifs is 4. The topological polar surface area (TPSA) is 43.4 Å². The van der Waals surface area contributed by atoms with Crippen molar-refractivity contribution in [2.75, 3.05) is 4.90 Å². The second-order valence-corrected chi connectivity index (χ2v) is 26.3. The van der Waals surface area contributed by atoms with E-state index in [9.17, 15) is 0 Å². The zero-order valence-corrected chi connectivity index (χ0v) is 44.4. The van der Waals surface area contributed by atoms with Crippen molar-refractivity contribution in [1.29, 1.82) is 0 Å². The van der Waals surface area contributed by atoms with Crippen molar-refractivity contribution in [2.24, 2.45) is 5.41 Å². The van der Waals surface area contributed by atoms with Gasteiger partial charge in [-0.05, 0) is 92.6 Å². The van der Waals surface area contributed by atoms with Gasteiger partial charge in [0.05, 0.1) is 8.07 Å². The Balaban J connectivity index is 0.000000215. The van der Waals surface area contributed by atoms with Crippen LogP contribution in [0, 0.1) is 17.5 Å². The van der Waals surface area contributed by atoms with E-state index in [1.54, 1.807) is 0 Å². The Labute approximate surface area is 412 Å². The molecule has 0 bridgehead atoms. The summed E-state index contributed by atoms with van der Waals surface area (Å²) < 4.78 is 23.9. The van der Waals surface area contributed by atoms with E-state index in [2.05, 4.69) is 182 Å². The van der Waals surface area contributed by atoms with E-state index in [1.807, 2.05) is 57.3 Å². The first kappa shape index (κ1) is 45.9. The van der Waals surface area contributed by atoms with Crippen LogP contribution in [0.3, 0.4) is 0 Å². The first-order chi connectivity index (χ1) is 31.5. The molecule has 1 aliphatic rings. The average Bonchev–Trinajstić information content (AvgIpc) is 3.86. The molecule has 0 spiro atoms. The van der Waals surface area contributed by atoms with Crippen molar-refractivity contribution < 1.29 is 27.3 Å². The van der Waals surface area contributed by atoms with Gasteiger partial charge in [0.15, 0.2) is 0 Å².